The molecule has 0 radical (unpaired) electrons. The highest BCUT2D eigenvalue weighted by Gasteiger charge is 2.63. The number of unbranched alkanes of at least 4 members (excludes halogenated alkanes) is 3. The molecule has 0 unspecified atom stereocenters. The fourth-order valence-corrected chi connectivity index (χ4v) is 8.71. The van der Waals surface area contributed by atoms with Gasteiger partial charge in [-0.1, -0.05) is 27.2 Å². The number of alkyl carbamates (subject to hydrolysis) is 1. The number of rotatable bonds is 11. The second kappa shape index (κ2) is 14.5. The molecular formula is C37H59N9O6. The summed E-state index contributed by atoms with van der Waals surface area (Å²) in [5, 5.41) is 19.6. The molecule has 4 saturated heterocycles. The van der Waals surface area contributed by atoms with Crippen LogP contribution in [0.3, 0.4) is 0 Å². The number of aryl methyl sites for hydroxylation is 2. The molecule has 15 nitrogen and oxygen atoms in total. The number of nitrogens with one attached hydrogen (secondary N) is 1. The normalized spacial score (nSPS) is 26.0. The summed E-state index contributed by atoms with van der Waals surface area (Å²) in [4.78, 5) is 44.3. The molecule has 6 fully saturated rings. The van der Waals surface area contributed by atoms with Crippen LogP contribution >= 0.6 is 0 Å². The Morgan fingerprint density at radius 3 is 1.67 bits per heavy atom. The van der Waals surface area contributed by atoms with Crippen molar-refractivity contribution in [3.63, 3.8) is 0 Å². The van der Waals surface area contributed by atoms with Gasteiger partial charge < -0.3 is 38.5 Å². The largest absolute Gasteiger partial charge is 0.444 e. The van der Waals surface area contributed by atoms with Gasteiger partial charge in [0, 0.05) is 46.6 Å². The lowest BCUT2D eigenvalue weighted by molar-refractivity contribution is 0.0527. The topological polar surface area (TPSA) is 163 Å². The number of urea groups is 2. The molecule has 2 aromatic rings. The number of carbonyl (C=O) groups is 3. The van der Waals surface area contributed by atoms with Crippen molar-refractivity contribution in [2.45, 2.75) is 148 Å². The van der Waals surface area contributed by atoms with Crippen LogP contribution in [0.25, 0.3) is 0 Å². The fourth-order valence-electron chi connectivity index (χ4n) is 8.71. The lowest BCUT2D eigenvalue weighted by Crippen LogP contribution is -2.41. The molecule has 2 saturated carbocycles. The number of amides is 5. The van der Waals surface area contributed by atoms with E-state index in [0.717, 1.165) is 57.5 Å². The minimum atomic E-state index is -0.492. The zero-order chi connectivity index (χ0) is 36.1. The molecule has 1 N–H and O–H groups in total. The van der Waals surface area contributed by atoms with E-state index >= 15 is 0 Å². The lowest BCUT2D eigenvalue weighted by Gasteiger charge is -2.35. The Morgan fingerprint density at radius 2 is 1.25 bits per heavy atom. The van der Waals surface area contributed by atoms with Crippen molar-refractivity contribution in [2.75, 3.05) is 33.7 Å². The van der Waals surface area contributed by atoms with Gasteiger partial charge >= 0.3 is 18.2 Å². The Hall–Kier alpha value is -3.91. The summed E-state index contributed by atoms with van der Waals surface area (Å²) >= 11 is 0. The number of ether oxygens (including phenoxy) is 1. The van der Waals surface area contributed by atoms with E-state index in [4.69, 9.17) is 13.6 Å². The molecule has 15 heteroatoms. The minimum absolute atomic E-state index is 0. The summed E-state index contributed by atoms with van der Waals surface area (Å²) in [5.74, 6) is 2.50. The molecule has 5 amide bonds. The molecule has 0 aromatic carbocycles. The van der Waals surface area contributed by atoms with Crippen LogP contribution in [0.2, 0.25) is 0 Å². The Balaban J connectivity index is 0.000000181. The van der Waals surface area contributed by atoms with Crippen molar-refractivity contribution < 1.29 is 28.0 Å². The highest BCUT2D eigenvalue weighted by molar-refractivity contribution is 5.79. The van der Waals surface area contributed by atoms with Gasteiger partial charge in [0.05, 0.1) is 12.1 Å². The maximum Gasteiger partial charge on any atom is 0.407 e. The average Bonchev–Trinajstić information content (AvgIpc) is 3.81. The number of hydrogen-bond donors (Lipinski definition) is 1. The summed E-state index contributed by atoms with van der Waals surface area (Å²) in [6.07, 6.45) is 12.8. The van der Waals surface area contributed by atoms with Crippen LogP contribution in [0.1, 0.15) is 141 Å². The second-order valence-corrected chi connectivity index (χ2v) is 16.7. The van der Waals surface area contributed by atoms with Crippen LogP contribution in [-0.4, -0.2) is 110 Å². The van der Waals surface area contributed by atoms with Crippen LogP contribution in [0, 0.1) is 10.8 Å². The van der Waals surface area contributed by atoms with Gasteiger partial charge in [0.1, 0.15) is 17.7 Å². The molecule has 288 valence electrons. The van der Waals surface area contributed by atoms with Crippen molar-refractivity contribution in [1.82, 2.24) is 45.3 Å². The van der Waals surface area contributed by atoms with Crippen molar-refractivity contribution in [1.29, 1.82) is 0 Å². The van der Waals surface area contributed by atoms with Crippen molar-refractivity contribution in [2.24, 2.45) is 10.8 Å². The predicted molar refractivity (Wildman–Crippen MR) is 191 cm³/mol. The highest BCUT2D eigenvalue weighted by Crippen LogP contribution is 2.62. The number of carbonyl (C=O) groups excluding carboxylic acids is 3. The third kappa shape index (κ3) is 7.46. The maximum atomic E-state index is 12.6. The number of fused-ring (bicyclic) bond motifs is 6. The van der Waals surface area contributed by atoms with E-state index in [1.165, 1.54) is 38.5 Å². The first-order valence-electron chi connectivity index (χ1n) is 19.0. The van der Waals surface area contributed by atoms with Gasteiger partial charge in [-0.05, 0) is 89.4 Å². The smallest absolute Gasteiger partial charge is 0.407 e. The van der Waals surface area contributed by atoms with Crippen LogP contribution in [0.5, 0.6) is 0 Å². The molecule has 6 heterocycles. The molecule has 6 aliphatic rings. The Morgan fingerprint density at radius 1 is 0.788 bits per heavy atom. The van der Waals surface area contributed by atoms with Crippen LogP contribution in [0.15, 0.2) is 8.83 Å². The molecule has 52 heavy (non-hydrogen) atoms. The number of nitrogens with zero attached hydrogens (tertiary/aromatic N) is 8. The lowest BCUT2D eigenvalue weighted by atomic mass is 9.85. The molecule has 8 rings (SSSR count). The first kappa shape index (κ1) is 37.8. The van der Waals surface area contributed by atoms with Crippen molar-refractivity contribution >= 4 is 18.2 Å². The van der Waals surface area contributed by atoms with Crippen LogP contribution in [-0.2, 0) is 17.6 Å². The van der Waals surface area contributed by atoms with Gasteiger partial charge in [0.15, 0.2) is 0 Å². The van der Waals surface area contributed by atoms with Crippen molar-refractivity contribution in [3.05, 3.63) is 23.6 Å². The van der Waals surface area contributed by atoms with Gasteiger partial charge in [0.25, 0.3) is 0 Å². The minimum Gasteiger partial charge on any atom is -0.444 e. The van der Waals surface area contributed by atoms with E-state index in [-0.39, 0.29) is 37.0 Å². The van der Waals surface area contributed by atoms with Crippen LogP contribution in [0.4, 0.5) is 14.4 Å². The highest BCUT2D eigenvalue weighted by atomic mass is 16.6. The van der Waals surface area contributed by atoms with E-state index in [1.54, 1.807) is 0 Å². The van der Waals surface area contributed by atoms with Gasteiger partial charge in [-0.15, -0.1) is 20.4 Å². The summed E-state index contributed by atoms with van der Waals surface area (Å²) in [6.45, 7) is 9.81. The molecule has 4 bridgehead atoms. The first-order valence-corrected chi connectivity index (χ1v) is 19.0. The third-order valence-electron chi connectivity index (χ3n) is 11.9. The zero-order valence-electron chi connectivity index (χ0n) is 31.2. The molecule has 2 aliphatic carbocycles. The van der Waals surface area contributed by atoms with Gasteiger partial charge in [0.2, 0.25) is 23.6 Å². The molecule has 2 spiro atoms. The second-order valence-electron chi connectivity index (χ2n) is 16.7. The standard InChI is InChI=1S/C20H31N5O4.C16H24N4O2.CH4/c1-19(2,3)29-17(26)21-10-6-5-7-15-22-23-16(28-15)13-11-20(8-9-20)14-12-25(13)18(27)24(14)4;1-3-4-5-6-13-17-18-14(22-13)11-9-16(7-8-16)12-10-20(11)15(21)19(12)2;/h13-14H,5-12H2,1-4H3,(H,21,26);11-12H,3-10H2,1-2H3;1H4/t13-,14-;11-,12-;/m00./s1. The van der Waals surface area contributed by atoms with E-state index < -0.39 is 11.7 Å². The number of hydrogen-bond acceptors (Lipinski definition) is 10. The van der Waals surface area contributed by atoms with Gasteiger partial charge in [-0.2, -0.15) is 0 Å². The summed E-state index contributed by atoms with van der Waals surface area (Å²) < 4.78 is 17.0. The third-order valence-corrected chi connectivity index (χ3v) is 11.9. The molecule has 4 aliphatic heterocycles. The Labute approximate surface area is 307 Å². The summed E-state index contributed by atoms with van der Waals surface area (Å²) in [7, 11) is 3.83. The van der Waals surface area contributed by atoms with E-state index in [2.05, 4.69) is 32.6 Å². The number of likely N-dealkylation sites (N-methyl/N-ethyl adjacent to an activating group) is 2. The monoisotopic (exact) mass is 725 g/mol. The molecular weight excluding hydrogens is 666 g/mol. The van der Waals surface area contributed by atoms with E-state index in [0.29, 0.717) is 48.1 Å². The number of aromatic nitrogens is 4. The van der Waals surface area contributed by atoms with Gasteiger partial charge in [-0.3, -0.25) is 0 Å². The van der Waals surface area contributed by atoms with E-state index in [1.807, 2.05) is 54.5 Å². The fraction of sp³-hybridized carbons (Fsp3) is 0.811. The van der Waals surface area contributed by atoms with Gasteiger partial charge in [-0.25, -0.2) is 14.4 Å². The Bertz CT molecular complexity index is 1590. The van der Waals surface area contributed by atoms with Crippen LogP contribution < -0.4 is 5.32 Å². The maximum absolute atomic E-state index is 12.6. The predicted octanol–water partition coefficient (Wildman–Crippen LogP) is 6.28. The molecule has 2 aromatic heterocycles. The summed E-state index contributed by atoms with van der Waals surface area (Å²) in [6, 6.07) is 0.750. The van der Waals surface area contributed by atoms with E-state index in [9.17, 15) is 14.4 Å². The quantitative estimate of drug-likeness (QED) is 0.261. The summed E-state index contributed by atoms with van der Waals surface area (Å²) in [5.41, 5.74) is 0.0525. The Kier molecular flexibility index (Phi) is 10.5. The molecule has 4 atom stereocenters. The zero-order valence-corrected chi connectivity index (χ0v) is 31.2. The first-order chi connectivity index (χ1) is 24.3. The SMILES string of the molecule is C.CCCCCc1nnc([C@@H]2CC3(CC3)[C@@H]3CN2C(=O)N3C)o1.CN1C(=O)N2C[C@H]1C1(CC1)C[C@H]2c1nnc(CCCCNC(=O)OC(C)(C)C)o1. The van der Waals surface area contributed by atoms with Crippen molar-refractivity contribution in [3.8, 4) is 0 Å². The average molecular weight is 726 g/mol. The number of piperidine rings is 2.